The Balaban J connectivity index is 1.51. The highest BCUT2D eigenvalue weighted by atomic mass is 35.5. The number of furan rings is 1. The zero-order chi connectivity index (χ0) is 16.7. The molecule has 0 aliphatic carbocycles. The number of hydrogen-bond donors (Lipinski definition) is 1. The first-order valence-electron chi connectivity index (χ1n) is 8.53. The van der Waals surface area contributed by atoms with Gasteiger partial charge in [0.1, 0.15) is 5.76 Å². The van der Waals surface area contributed by atoms with Crippen LogP contribution in [0.15, 0.2) is 40.8 Å². The van der Waals surface area contributed by atoms with E-state index in [1.165, 1.54) is 0 Å². The number of benzene rings is 1. The molecule has 4 nitrogen and oxygen atoms in total. The quantitative estimate of drug-likeness (QED) is 0.920. The van der Waals surface area contributed by atoms with Gasteiger partial charge in [0.2, 0.25) is 0 Å². The van der Waals surface area contributed by atoms with Crippen LogP contribution in [-0.4, -0.2) is 36.0 Å². The van der Waals surface area contributed by atoms with E-state index >= 15 is 0 Å². The summed E-state index contributed by atoms with van der Waals surface area (Å²) in [6, 6.07) is 11.6. The third-order valence-electron chi connectivity index (χ3n) is 5.44. The molecule has 3 fully saturated rings. The van der Waals surface area contributed by atoms with Crippen molar-refractivity contribution in [1.29, 1.82) is 0 Å². The molecule has 0 saturated carbocycles. The second-order valence-corrected chi connectivity index (χ2v) is 7.16. The van der Waals surface area contributed by atoms with Crippen LogP contribution in [0.4, 0.5) is 0 Å². The Morgan fingerprint density at radius 3 is 2.67 bits per heavy atom. The van der Waals surface area contributed by atoms with Gasteiger partial charge in [-0.25, -0.2) is 0 Å². The van der Waals surface area contributed by atoms with Crippen LogP contribution >= 0.6 is 11.6 Å². The van der Waals surface area contributed by atoms with Crippen molar-refractivity contribution in [2.75, 3.05) is 13.1 Å². The first-order chi connectivity index (χ1) is 11.6. The highest BCUT2D eigenvalue weighted by Gasteiger charge is 2.40. The van der Waals surface area contributed by atoms with Gasteiger partial charge >= 0.3 is 0 Å². The molecule has 0 spiro atoms. The molecule has 3 aliphatic heterocycles. The average Bonchev–Trinajstić information content (AvgIpc) is 3.09. The summed E-state index contributed by atoms with van der Waals surface area (Å²) in [6.07, 6.45) is 2.33. The van der Waals surface area contributed by atoms with Gasteiger partial charge in [0.15, 0.2) is 5.76 Å². The van der Waals surface area contributed by atoms with Crippen molar-refractivity contribution in [3.05, 3.63) is 47.2 Å². The number of carbonyl (C=O) groups is 1. The van der Waals surface area contributed by atoms with E-state index in [0.717, 1.165) is 31.5 Å². The third kappa shape index (κ3) is 2.74. The summed E-state index contributed by atoms with van der Waals surface area (Å²) in [5.74, 6) is 1.40. The van der Waals surface area contributed by atoms with E-state index in [9.17, 15) is 4.79 Å². The normalized spacial score (nSPS) is 28.8. The summed E-state index contributed by atoms with van der Waals surface area (Å²) in [5, 5.41) is 3.80. The van der Waals surface area contributed by atoms with E-state index in [1.54, 1.807) is 12.1 Å². The number of amides is 1. The minimum absolute atomic E-state index is 0.140. The Hall–Kier alpha value is -1.78. The van der Waals surface area contributed by atoms with Crippen LogP contribution < -0.4 is 5.32 Å². The van der Waals surface area contributed by atoms with E-state index in [0.29, 0.717) is 28.5 Å². The predicted octanol–water partition coefficient (Wildman–Crippen LogP) is 3.81. The van der Waals surface area contributed by atoms with Crippen LogP contribution in [0.1, 0.15) is 30.3 Å². The number of fused-ring (bicyclic) bond motifs is 3. The highest BCUT2D eigenvalue weighted by molar-refractivity contribution is 6.33. The van der Waals surface area contributed by atoms with E-state index in [4.69, 9.17) is 16.0 Å². The van der Waals surface area contributed by atoms with Crippen molar-refractivity contribution in [2.24, 2.45) is 5.92 Å². The van der Waals surface area contributed by atoms with Gasteiger partial charge in [-0.2, -0.15) is 0 Å². The van der Waals surface area contributed by atoms with Crippen molar-refractivity contribution in [2.45, 2.75) is 31.8 Å². The number of carbonyl (C=O) groups excluding carboxylic acids is 1. The Labute approximate surface area is 146 Å². The molecule has 3 saturated heterocycles. The fourth-order valence-electron chi connectivity index (χ4n) is 4.03. The standard InChI is InChI=1S/C19H21ClN2O2/c1-12-18(13-8-10-22(12)11-9-13)21-19(23)17-7-6-16(24-17)14-4-2-3-5-15(14)20/h2-7,12-13,18H,8-11H2,1H3,(H,21,23)/t12-,18+/m1/s1. The largest absolute Gasteiger partial charge is 0.451 e. The summed E-state index contributed by atoms with van der Waals surface area (Å²) < 4.78 is 5.76. The lowest BCUT2D eigenvalue weighted by Crippen LogP contribution is -2.62. The fourth-order valence-corrected chi connectivity index (χ4v) is 4.26. The summed E-state index contributed by atoms with van der Waals surface area (Å²) in [6.45, 7) is 4.50. The first kappa shape index (κ1) is 15.7. The molecule has 0 radical (unpaired) electrons. The maximum atomic E-state index is 12.6. The molecule has 1 N–H and O–H groups in total. The molecular weight excluding hydrogens is 324 g/mol. The lowest BCUT2D eigenvalue weighted by atomic mass is 9.79. The molecule has 2 bridgehead atoms. The van der Waals surface area contributed by atoms with Gasteiger partial charge in [-0.15, -0.1) is 0 Å². The van der Waals surface area contributed by atoms with Crippen LogP contribution in [0.25, 0.3) is 11.3 Å². The molecule has 1 aromatic heterocycles. The molecule has 2 atom stereocenters. The van der Waals surface area contributed by atoms with Crippen molar-refractivity contribution >= 4 is 17.5 Å². The molecule has 0 unspecified atom stereocenters. The minimum atomic E-state index is -0.140. The number of halogens is 1. The number of nitrogens with one attached hydrogen (secondary N) is 1. The molecule has 1 aromatic carbocycles. The van der Waals surface area contributed by atoms with E-state index in [2.05, 4.69) is 17.1 Å². The van der Waals surface area contributed by atoms with Gasteiger partial charge in [-0.3, -0.25) is 9.69 Å². The molecule has 5 heteroatoms. The average molecular weight is 345 g/mol. The van der Waals surface area contributed by atoms with Gasteiger partial charge in [-0.05, 0) is 63.0 Å². The Morgan fingerprint density at radius 2 is 1.96 bits per heavy atom. The molecule has 24 heavy (non-hydrogen) atoms. The van der Waals surface area contributed by atoms with E-state index < -0.39 is 0 Å². The summed E-state index contributed by atoms with van der Waals surface area (Å²) in [4.78, 5) is 15.1. The van der Waals surface area contributed by atoms with Gasteiger partial charge < -0.3 is 9.73 Å². The third-order valence-corrected chi connectivity index (χ3v) is 5.77. The maximum Gasteiger partial charge on any atom is 0.287 e. The summed E-state index contributed by atoms with van der Waals surface area (Å²) >= 11 is 6.20. The maximum absolute atomic E-state index is 12.6. The molecule has 5 rings (SSSR count). The lowest BCUT2D eigenvalue weighted by molar-refractivity contribution is 0.0211. The van der Waals surface area contributed by atoms with E-state index in [-0.39, 0.29) is 11.9 Å². The second-order valence-electron chi connectivity index (χ2n) is 6.76. The lowest BCUT2D eigenvalue weighted by Gasteiger charge is -2.49. The molecular formula is C19H21ClN2O2. The van der Waals surface area contributed by atoms with Gasteiger partial charge in [0, 0.05) is 17.6 Å². The number of hydrogen-bond acceptors (Lipinski definition) is 3. The summed E-state index contributed by atoms with van der Waals surface area (Å²) in [7, 11) is 0. The monoisotopic (exact) mass is 344 g/mol. The molecule has 1 amide bonds. The Bertz CT molecular complexity index is 747. The molecule has 2 aromatic rings. The Morgan fingerprint density at radius 1 is 1.21 bits per heavy atom. The van der Waals surface area contributed by atoms with Crippen molar-refractivity contribution in [3.8, 4) is 11.3 Å². The van der Waals surface area contributed by atoms with Crippen LogP contribution in [0.5, 0.6) is 0 Å². The smallest absolute Gasteiger partial charge is 0.287 e. The van der Waals surface area contributed by atoms with Crippen LogP contribution in [-0.2, 0) is 0 Å². The van der Waals surface area contributed by atoms with Crippen LogP contribution in [0.2, 0.25) is 5.02 Å². The molecule has 3 aliphatic rings. The van der Waals surface area contributed by atoms with Crippen molar-refractivity contribution < 1.29 is 9.21 Å². The van der Waals surface area contributed by atoms with Crippen LogP contribution in [0.3, 0.4) is 0 Å². The van der Waals surface area contributed by atoms with Gasteiger partial charge in [0.05, 0.1) is 5.02 Å². The minimum Gasteiger partial charge on any atom is -0.451 e. The Kier molecular flexibility index (Phi) is 4.10. The SMILES string of the molecule is C[C@@H]1[C@H](NC(=O)c2ccc(-c3ccccc3Cl)o2)C2CCN1CC2. The highest BCUT2D eigenvalue weighted by Crippen LogP contribution is 2.33. The van der Waals surface area contributed by atoms with Crippen molar-refractivity contribution in [3.63, 3.8) is 0 Å². The van der Waals surface area contributed by atoms with Gasteiger partial charge in [0.25, 0.3) is 5.91 Å². The zero-order valence-corrected chi connectivity index (χ0v) is 14.4. The fraction of sp³-hybridized carbons (Fsp3) is 0.421. The van der Waals surface area contributed by atoms with Gasteiger partial charge in [-0.1, -0.05) is 23.7 Å². The number of piperidine rings is 3. The second kappa shape index (κ2) is 6.26. The molecule has 126 valence electrons. The van der Waals surface area contributed by atoms with Crippen molar-refractivity contribution in [1.82, 2.24) is 10.2 Å². The summed E-state index contributed by atoms with van der Waals surface area (Å²) in [5.41, 5.74) is 0.800. The number of rotatable bonds is 3. The predicted molar refractivity (Wildman–Crippen MR) is 94.2 cm³/mol. The topological polar surface area (TPSA) is 45.5 Å². The molecule has 4 heterocycles. The zero-order valence-electron chi connectivity index (χ0n) is 13.7. The number of nitrogens with zero attached hydrogens (tertiary/aromatic N) is 1. The van der Waals surface area contributed by atoms with Crippen LogP contribution in [0, 0.1) is 5.92 Å². The first-order valence-corrected chi connectivity index (χ1v) is 8.91. The van der Waals surface area contributed by atoms with E-state index in [1.807, 2.05) is 24.3 Å².